The molecule has 0 spiro atoms. The lowest BCUT2D eigenvalue weighted by molar-refractivity contribution is -0.133. The Bertz CT molecular complexity index is 350. The van der Waals surface area contributed by atoms with E-state index in [-0.39, 0.29) is 12.0 Å². The van der Waals surface area contributed by atoms with Crippen molar-refractivity contribution in [3.05, 3.63) is 0 Å². The second-order valence-corrected chi connectivity index (χ2v) is 5.27. The van der Waals surface area contributed by atoms with Crippen LogP contribution in [-0.4, -0.2) is 92.3 Å². The van der Waals surface area contributed by atoms with Gasteiger partial charge in [-0.1, -0.05) is 0 Å². The molecule has 0 aromatic carbocycles. The Balaban J connectivity index is 1.66. The van der Waals surface area contributed by atoms with Gasteiger partial charge in [-0.2, -0.15) is 0 Å². The predicted molar refractivity (Wildman–Crippen MR) is 77.1 cm³/mol. The Labute approximate surface area is 125 Å². The van der Waals surface area contributed by atoms with Crippen LogP contribution in [0.1, 0.15) is 13.3 Å². The number of nitrogens with zero attached hydrogens (tertiary/aromatic N) is 3. The van der Waals surface area contributed by atoms with E-state index in [9.17, 15) is 9.59 Å². The summed E-state index contributed by atoms with van der Waals surface area (Å²) in [5.41, 5.74) is 0. The second-order valence-electron chi connectivity index (χ2n) is 5.27. The quantitative estimate of drug-likeness (QED) is 0.732. The van der Waals surface area contributed by atoms with Gasteiger partial charge in [-0.3, -0.25) is 9.69 Å². The van der Waals surface area contributed by atoms with Crippen molar-refractivity contribution in [1.82, 2.24) is 14.7 Å². The third-order valence-electron chi connectivity index (χ3n) is 3.90. The van der Waals surface area contributed by atoms with Gasteiger partial charge < -0.3 is 19.3 Å². The van der Waals surface area contributed by atoms with E-state index in [0.29, 0.717) is 39.2 Å². The number of carbonyl (C=O) groups is 2. The number of rotatable bonds is 4. The van der Waals surface area contributed by atoms with Gasteiger partial charge in [-0.15, -0.1) is 0 Å². The standard InChI is InChI=1S/C14H25N3O4/c1-2-21-14(19)17-7-5-16(6-8-17)13(18)3-4-15-9-11-20-12-10-15/h2-12H2,1H3. The highest BCUT2D eigenvalue weighted by molar-refractivity contribution is 5.77. The third-order valence-corrected chi connectivity index (χ3v) is 3.90. The Morgan fingerprint density at radius 2 is 1.62 bits per heavy atom. The van der Waals surface area contributed by atoms with Gasteiger partial charge in [0.15, 0.2) is 0 Å². The first-order valence-electron chi connectivity index (χ1n) is 7.70. The van der Waals surface area contributed by atoms with E-state index in [1.54, 1.807) is 11.8 Å². The molecule has 2 aliphatic rings. The van der Waals surface area contributed by atoms with Crippen molar-refractivity contribution in [1.29, 1.82) is 0 Å². The predicted octanol–water partition coefficient (Wildman–Crippen LogP) is 0.00940. The molecule has 120 valence electrons. The maximum atomic E-state index is 12.2. The molecule has 7 heteroatoms. The zero-order valence-corrected chi connectivity index (χ0v) is 12.8. The van der Waals surface area contributed by atoms with Crippen molar-refractivity contribution in [3.63, 3.8) is 0 Å². The molecule has 0 aliphatic carbocycles. The van der Waals surface area contributed by atoms with Crippen LogP contribution in [0.15, 0.2) is 0 Å². The lowest BCUT2D eigenvalue weighted by atomic mass is 10.2. The number of piperazine rings is 1. The van der Waals surface area contributed by atoms with Gasteiger partial charge in [0.05, 0.1) is 19.8 Å². The van der Waals surface area contributed by atoms with Crippen molar-refractivity contribution in [2.75, 3.05) is 65.6 Å². The highest BCUT2D eigenvalue weighted by atomic mass is 16.6. The van der Waals surface area contributed by atoms with Gasteiger partial charge in [0.1, 0.15) is 0 Å². The molecule has 0 bridgehead atoms. The summed E-state index contributed by atoms with van der Waals surface area (Å²) in [4.78, 5) is 29.5. The normalized spacial score (nSPS) is 20.4. The highest BCUT2D eigenvalue weighted by Gasteiger charge is 2.25. The van der Waals surface area contributed by atoms with Crippen molar-refractivity contribution in [2.45, 2.75) is 13.3 Å². The van der Waals surface area contributed by atoms with Crippen LogP contribution >= 0.6 is 0 Å². The fraction of sp³-hybridized carbons (Fsp3) is 0.857. The summed E-state index contributed by atoms with van der Waals surface area (Å²) in [6.45, 7) is 8.61. The first-order chi connectivity index (χ1) is 10.2. The van der Waals surface area contributed by atoms with Gasteiger partial charge in [-0.05, 0) is 6.92 Å². The molecule has 0 atom stereocenters. The molecular formula is C14H25N3O4. The van der Waals surface area contributed by atoms with Crippen LogP contribution in [0.4, 0.5) is 4.79 Å². The molecule has 0 radical (unpaired) electrons. The Morgan fingerprint density at radius 3 is 2.24 bits per heavy atom. The van der Waals surface area contributed by atoms with Crippen LogP contribution in [0.2, 0.25) is 0 Å². The molecule has 2 heterocycles. The molecule has 0 aromatic heterocycles. The number of ether oxygens (including phenoxy) is 2. The summed E-state index contributed by atoms with van der Waals surface area (Å²) in [6.07, 6.45) is 0.261. The average molecular weight is 299 g/mol. The van der Waals surface area contributed by atoms with E-state index in [1.807, 2.05) is 4.90 Å². The van der Waals surface area contributed by atoms with Crippen LogP contribution in [0.25, 0.3) is 0 Å². The summed E-state index contributed by atoms with van der Waals surface area (Å²) >= 11 is 0. The lowest BCUT2D eigenvalue weighted by Crippen LogP contribution is -2.51. The summed E-state index contributed by atoms with van der Waals surface area (Å²) in [5.74, 6) is 0.171. The maximum Gasteiger partial charge on any atom is 0.409 e. The molecule has 0 aromatic rings. The van der Waals surface area contributed by atoms with Crippen LogP contribution in [-0.2, 0) is 14.3 Å². The van der Waals surface area contributed by atoms with Crippen LogP contribution in [0, 0.1) is 0 Å². The summed E-state index contributed by atoms with van der Waals surface area (Å²) in [5, 5.41) is 0. The SMILES string of the molecule is CCOC(=O)N1CCN(C(=O)CCN2CCOCC2)CC1. The molecule has 7 nitrogen and oxygen atoms in total. The molecule has 2 amide bonds. The van der Waals surface area contributed by atoms with Crippen molar-refractivity contribution >= 4 is 12.0 Å². The van der Waals surface area contributed by atoms with E-state index >= 15 is 0 Å². The fourth-order valence-electron chi connectivity index (χ4n) is 2.59. The molecule has 21 heavy (non-hydrogen) atoms. The van der Waals surface area contributed by atoms with E-state index in [0.717, 1.165) is 32.8 Å². The van der Waals surface area contributed by atoms with Crippen LogP contribution in [0.5, 0.6) is 0 Å². The Hall–Kier alpha value is -1.34. The van der Waals surface area contributed by atoms with Crippen molar-refractivity contribution < 1.29 is 19.1 Å². The van der Waals surface area contributed by atoms with Gasteiger partial charge in [0.25, 0.3) is 0 Å². The van der Waals surface area contributed by atoms with Gasteiger partial charge in [0.2, 0.25) is 5.91 Å². The first kappa shape index (κ1) is 16.0. The van der Waals surface area contributed by atoms with Gasteiger partial charge >= 0.3 is 6.09 Å². The van der Waals surface area contributed by atoms with Crippen molar-refractivity contribution in [2.24, 2.45) is 0 Å². The van der Waals surface area contributed by atoms with E-state index in [1.165, 1.54) is 0 Å². The molecule has 2 saturated heterocycles. The van der Waals surface area contributed by atoms with Crippen LogP contribution < -0.4 is 0 Å². The van der Waals surface area contributed by atoms with Gasteiger partial charge in [-0.25, -0.2) is 4.79 Å². The minimum absolute atomic E-state index is 0.171. The van der Waals surface area contributed by atoms with E-state index < -0.39 is 0 Å². The summed E-state index contributed by atoms with van der Waals surface area (Å²) in [7, 11) is 0. The number of hydrogen-bond acceptors (Lipinski definition) is 5. The molecule has 2 fully saturated rings. The van der Waals surface area contributed by atoms with E-state index in [4.69, 9.17) is 9.47 Å². The minimum atomic E-state index is -0.280. The van der Waals surface area contributed by atoms with E-state index in [2.05, 4.69) is 4.90 Å². The smallest absolute Gasteiger partial charge is 0.409 e. The summed E-state index contributed by atoms with van der Waals surface area (Å²) < 4.78 is 10.3. The molecular weight excluding hydrogens is 274 g/mol. The zero-order valence-electron chi connectivity index (χ0n) is 12.8. The molecule has 0 saturated carbocycles. The largest absolute Gasteiger partial charge is 0.450 e. The first-order valence-corrected chi connectivity index (χ1v) is 7.70. The number of carbonyl (C=O) groups excluding carboxylic acids is 2. The second kappa shape index (κ2) is 8.19. The topological polar surface area (TPSA) is 62.3 Å². The minimum Gasteiger partial charge on any atom is -0.450 e. The highest BCUT2D eigenvalue weighted by Crippen LogP contribution is 2.07. The van der Waals surface area contributed by atoms with Crippen molar-refractivity contribution in [3.8, 4) is 0 Å². The fourth-order valence-corrected chi connectivity index (χ4v) is 2.59. The average Bonchev–Trinajstić information content (AvgIpc) is 2.54. The molecule has 0 unspecified atom stereocenters. The molecule has 0 N–H and O–H groups in total. The Kier molecular flexibility index (Phi) is 6.25. The lowest BCUT2D eigenvalue weighted by Gasteiger charge is -2.34. The summed E-state index contributed by atoms with van der Waals surface area (Å²) in [6, 6.07) is 0. The Morgan fingerprint density at radius 1 is 1.00 bits per heavy atom. The van der Waals surface area contributed by atoms with Crippen LogP contribution in [0.3, 0.4) is 0 Å². The number of amides is 2. The number of morpholine rings is 1. The number of hydrogen-bond donors (Lipinski definition) is 0. The van der Waals surface area contributed by atoms with Gasteiger partial charge in [0, 0.05) is 52.2 Å². The zero-order chi connectivity index (χ0) is 15.1. The molecule has 2 aliphatic heterocycles. The molecule has 2 rings (SSSR count). The maximum absolute atomic E-state index is 12.2. The third kappa shape index (κ3) is 4.86. The monoisotopic (exact) mass is 299 g/mol.